The van der Waals surface area contributed by atoms with Crippen LogP contribution in [0.2, 0.25) is 0 Å². The van der Waals surface area contributed by atoms with Crippen molar-refractivity contribution in [2.75, 3.05) is 44.6 Å². The number of piperidine rings is 1. The van der Waals surface area contributed by atoms with Crippen LogP contribution in [0, 0.1) is 13.8 Å². The minimum Gasteiger partial charge on any atom is -0.335 e. The Labute approximate surface area is 270 Å². The molecule has 1 N–H and O–H groups in total. The largest absolute Gasteiger partial charge is 0.416 e. The Balaban J connectivity index is 1.28. The first-order valence-electron chi connectivity index (χ1n) is 15.7. The lowest BCUT2D eigenvalue weighted by Crippen LogP contribution is -2.57. The number of nitrogens with zero attached hydrogens (tertiary/aromatic N) is 3. The zero-order valence-corrected chi connectivity index (χ0v) is 26.3. The van der Waals surface area contributed by atoms with Crippen molar-refractivity contribution in [3.05, 3.63) is 100 Å². The number of halogens is 6. The highest BCUT2D eigenvalue weighted by atomic mass is 19.4. The van der Waals surface area contributed by atoms with Gasteiger partial charge in [0.15, 0.2) is 0 Å². The molecule has 2 aliphatic heterocycles. The molecule has 2 saturated heterocycles. The van der Waals surface area contributed by atoms with Gasteiger partial charge >= 0.3 is 12.4 Å². The Kier molecular flexibility index (Phi) is 10.3. The molecule has 12 heteroatoms. The average molecular weight is 661 g/mol. The molecular weight excluding hydrogens is 622 g/mol. The van der Waals surface area contributed by atoms with Crippen molar-refractivity contribution < 1.29 is 35.9 Å². The topological polar surface area (TPSA) is 55.9 Å². The quantitative estimate of drug-likeness (QED) is 0.283. The minimum absolute atomic E-state index is 0.0392. The maximum absolute atomic E-state index is 13.7. The lowest BCUT2D eigenvalue weighted by Gasteiger charge is -2.46. The molecule has 47 heavy (non-hydrogen) atoms. The Bertz CT molecular complexity index is 1520. The van der Waals surface area contributed by atoms with Crippen molar-refractivity contribution in [3.63, 3.8) is 0 Å². The number of carbonyl (C=O) groups is 2. The highest BCUT2D eigenvalue weighted by molar-refractivity contribution is 5.95. The van der Waals surface area contributed by atoms with Crippen LogP contribution in [-0.2, 0) is 23.6 Å². The third-order valence-electron chi connectivity index (χ3n) is 9.13. The summed E-state index contributed by atoms with van der Waals surface area (Å²) in [5.41, 5.74) is 0.0733. The number of anilines is 1. The fourth-order valence-corrected chi connectivity index (χ4v) is 6.63. The lowest BCUT2D eigenvalue weighted by molar-refractivity contribution is -0.143. The van der Waals surface area contributed by atoms with Crippen LogP contribution in [0.25, 0.3) is 0 Å². The molecule has 2 atom stereocenters. The molecule has 2 amide bonds. The van der Waals surface area contributed by atoms with E-state index in [1.165, 1.54) is 4.90 Å². The van der Waals surface area contributed by atoms with Crippen molar-refractivity contribution in [1.82, 2.24) is 14.7 Å². The van der Waals surface area contributed by atoms with Gasteiger partial charge in [0.2, 0.25) is 5.91 Å². The van der Waals surface area contributed by atoms with Gasteiger partial charge in [-0.1, -0.05) is 48.5 Å². The summed E-state index contributed by atoms with van der Waals surface area (Å²) in [5.74, 6) is -0.936. The van der Waals surface area contributed by atoms with Crippen molar-refractivity contribution >= 4 is 17.5 Å². The number of carbonyl (C=O) groups excluding carboxylic acids is 2. The van der Waals surface area contributed by atoms with Crippen molar-refractivity contribution in [3.8, 4) is 0 Å². The predicted octanol–water partition coefficient (Wildman–Crippen LogP) is 6.81. The Morgan fingerprint density at radius 2 is 1.38 bits per heavy atom. The third kappa shape index (κ3) is 8.53. The van der Waals surface area contributed by atoms with E-state index in [1.54, 1.807) is 0 Å². The zero-order chi connectivity index (χ0) is 33.9. The first-order valence-corrected chi connectivity index (χ1v) is 15.7. The molecule has 0 bridgehead atoms. The van der Waals surface area contributed by atoms with Crippen LogP contribution in [0.1, 0.15) is 51.0 Å². The summed E-state index contributed by atoms with van der Waals surface area (Å²) in [6, 6.07) is 15.9. The summed E-state index contributed by atoms with van der Waals surface area (Å²) in [6.45, 7) is 7.04. The van der Waals surface area contributed by atoms with Crippen molar-refractivity contribution in [2.24, 2.45) is 0 Å². The average Bonchev–Trinajstić information content (AvgIpc) is 3.02. The molecule has 2 aliphatic rings. The van der Waals surface area contributed by atoms with Gasteiger partial charge in [-0.25, -0.2) is 0 Å². The van der Waals surface area contributed by atoms with Gasteiger partial charge in [-0.15, -0.1) is 0 Å². The molecule has 2 heterocycles. The fourth-order valence-electron chi connectivity index (χ4n) is 6.63. The maximum Gasteiger partial charge on any atom is 0.416 e. The van der Waals surface area contributed by atoms with E-state index >= 15 is 0 Å². The van der Waals surface area contributed by atoms with Gasteiger partial charge in [0.05, 0.1) is 17.7 Å². The second-order valence-corrected chi connectivity index (χ2v) is 12.4. The maximum atomic E-state index is 13.7. The highest BCUT2D eigenvalue weighted by Crippen LogP contribution is 2.37. The van der Waals surface area contributed by atoms with Gasteiger partial charge in [-0.2, -0.15) is 26.3 Å². The standard InChI is InChI=1S/C35H38F6N4O2/c1-23-7-6-8-24(2)32(23)42-31(46)22-43-13-15-44(16-14-43)29-11-12-45(30(21-29)17-25-9-4-3-5-10-25)33(47)26-18-27(34(36,37)38)20-28(19-26)35(39,40)41/h3-10,18-20,29-30H,11-17,21-22H2,1-2H3,(H,42,46)/t29-,30-/m0/s1. The number of hydrogen-bond acceptors (Lipinski definition) is 4. The van der Waals surface area contributed by atoms with Gasteiger partial charge in [-0.3, -0.25) is 19.4 Å². The first kappa shape index (κ1) is 34.4. The summed E-state index contributed by atoms with van der Waals surface area (Å²) in [5, 5.41) is 3.03. The molecule has 0 spiro atoms. The predicted molar refractivity (Wildman–Crippen MR) is 167 cm³/mol. The molecule has 0 saturated carbocycles. The molecule has 252 valence electrons. The SMILES string of the molecule is Cc1cccc(C)c1NC(=O)CN1CCN([C@H]2CCN(C(=O)c3cc(C(F)(F)F)cc(C(F)(F)F)c3)[C@@H](Cc3ccccc3)C2)CC1. The Morgan fingerprint density at radius 1 is 0.787 bits per heavy atom. The van der Waals surface area contributed by atoms with E-state index in [0.717, 1.165) is 22.4 Å². The first-order chi connectivity index (χ1) is 22.2. The molecule has 6 nitrogen and oxygen atoms in total. The van der Waals surface area contributed by atoms with E-state index in [1.807, 2.05) is 62.4 Å². The van der Waals surface area contributed by atoms with E-state index in [-0.39, 0.29) is 31.1 Å². The van der Waals surface area contributed by atoms with Crippen LogP contribution < -0.4 is 5.32 Å². The van der Waals surface area contributed by atoms with Crippen LogP contribution in [-0.4, -0.2) is 77.9 Å². The van der Waals surface area contributed by atoms with E-state index in [9.17, 15) is 35.9 Å². The number of benzene rings is 3. The van der Waals surface area contributed by atoms with Crippen LogP contribution in [0.15, 0.2) is 66.7 Å². The number of rotatable bonds is 7. The number of hydrogen-bond donors (Lipinski definition) is 1. The molecule has 3 aromatic rings. The Hall–Kier alpha value is -3.90. The van der Waals surface area contributed by atoms with Crippen LogP contribution in [0.4, 0.5) is 32.0 Å². The van der Waals surface area contributed by atoms with Gasteiger partial charge in [-0.05, 0) is 68.0 Å². The molecule has 0 radical (unpaired) electrons. The van der Waals surface area contributed by atoms with Gasteiger partial charge < -0.3 is 10.2 Å². The molecule has 2 fully saturated rings. The molecule has 5 rings (SSSR count). The zero-order valence-electron chi connectivity index (χ0n) is 26.3. The summed E-state index contributed by atoms with van der Waals surface area (Å²) in [6.07, 6.45) is -8.65. The summed E-state index contributed by atoms with van der Waals surface area (Å²) < 4.78 is 81.4. The number of nitrogens with one attached hydrogen (secondary N) is 1. The molecular formula is C35H38F6N4O2. The summed E-state index contributed by atoms with van der Waals surface area (Å²) in [7, 11) is 0. The molecule has 0 aliphatic carbocycles. The Morgan fingerprint density at radius 3 is 1.96 bits per heavy atom. The van der Waals surface area contributed by atoms with Crippen LogP contribution in [0.5, 0.6) is 0 Å². The van der Waals surface area contributed by atoms with Crippen LogP contribution >= 0.6 is 0 Å². The second kappa shape index (κ2) is 14.1. The lowest BCUT2D eigenvalue weighted by atomic mass is 9.90. The minimum atomic E-state index is -5.05. The highest BCUT2D eigenvalue weighted by Gasteiger charge is 2.40. The van der Waals surface area contributed by atoms with Crippen molar-refractivity contribution in [2.45, 2.75) is 57.5 Å². The summed E-state index contributed by atoms with van der Waals surface area (Å²) >= 11 is 0. The van der Waals surface area contributed by atoms with E-state index in [4.69, 9.17) is 0 Å². The molecule has 0 unspecified atom stereocenters. The number of aryl methyl sites for hydroxylation is 2. The van der Waals surface area contributed by atoms with E-state index < -0.39 is 41.0 Å². The second-order valence-electron chi connectivity index (χ2n) is 12.4. The molecule has 0 aromatic heterocycles. The van der Waals surface area contributed by atoms with Gasteiger partial charge in [0.25, 0.3) is 5.91 Å². The van der Waals surface area contributed by atoms with E-state index in [2.05, 4.69) is 15.1 Å². The third-order valence-corrected chi connectivity index (χ3v) is 9.13. The summed E-state index contributed by atoms with van der Waals surface area (Å²) in [4.78, 5) is 32.4. The fraction of sp³-hybridized carbons (Fsp3) is 0.429. The monoisotopic (exact) mass is 660 g/mol. The number of para-hydroxylation sites is 1. The normalized spacial score (nSPS) is 19.9. The van der Waals surface area contributed by atoms with E-state index in [0.29, 0.717) is 57.6 Å². The van der Waals surface area contributed by atoms with Gasteiger partial charge in [0.1, 0.15) is 0 Å². The smallest absolute Gasteiger partial charge is 0.335 e. The number of alkyl halides is 6. The number of amides is 2. The van der Waals surface area contributed by atoms with Gasteiger partial charge in [0, 0.05) is 56.1 Å². The number of piperazine rings is 1. The van der Waals surface area contributed by atoms with Crippen molar-refractivity contribution in [1.29, 1.82) is 0 Å². The molecule has 3 aromatic carbocycles. The van der Waals surface area contributed by atoms with Crippen LogP contribution in [0.3, 0.4) is 0 Å². The number of likely N-dealkylation sites (tertiary alicyclic amines) is 1.